The fourth-order valence-corrected chi connectivity index (χ4v) is 4.32. The van der Waals surface area contributed by atoms with Crippen LogP contribution in [-0.2, 0) is 24.3 Å². The third kappa shape index (κ3) is 5.14. The van der Waals surface area contributed by atoms with Gasteiger partial charge in [-0.2, -0.15) is 4.31 Å². The van der Waals surface area contributed by atoms with Crippen molar-refractivity contribution in [3.8, 4) is 0 Å². The smallest absolute Gasteiger partial charge is 0.341 e. The molecule has 0 aromatic heterocycles. The molecule has 0 atom stereocenters. The fraction of sp³-hybridized carbons (Fsp3) is 0.263. The zero-order chi connectivity index (χ0) is 21.7. The number of halogens is 2. The first-order valence-corrected chi connectivity index (χ1v) is 10.7. The molecule has 8 nitrogen and oxygen atoms in total. The summed E-state index contributed by atoms with van der Waals surface area (Å²) in [5.74, 6) is -2.53. The third-order valence-electron chi connectivity index (χ3n) is 4.25. The minimum atomic E-state index is -3.79. The Morgan fingerprint density at radius 1 is 1.17 bits per heavy atom. The van der Waals surface area contributed by atoms with Gasteiger partial charge in [0.05, 0.1) is 34.4 Å². The lowest BCUT2D eigenvalue weighted by Crippen LogP contribution is -2.40. The number of carbonyl (C=O) groups is 2. The van der Waals surface area contributed by atoms with Gasteiger partial charge in [0, 0.05) is 13.1 Å². The lowest BCUT2D eigenvalue weighted by Gasteiger charge is -2.26. The molecule has 11 heteroatoms. The predicted molar refractivity (Wildman–Crippen MR) is 106 cm³/mol. The first-order chi connectivity index (χ1) is 14.3. The number of rotatable bonds is 6. The Balaban J connectivity index is 1.67. The second-order valence-electron chi connectivity index (χ2n) is 6.26. The molecule has 160 valence electrons. The Morgan fingerprint density at radius 2 is 1.87 bits per heavy atom. The summed E-state index contributed by atoms with van der Waals surface area (Å²) in [6.07, 6.45) is 0. The number of nitrogens with zero attached hydrogens (tertiary/aromatic N) is 1. The Labute approximate surface area is 177 Å². The van der Waals surface area contributed by atoms with Crippen molar-refractivity contribution in [2.75, 3.05) is 38.2 Å². The number of hydrogen-bond acceptors (Lipinski definition) is 6. The molecule has 3 rings (SSSR count). The molecule has 1 N–H and O–H groups in total. The van der Waals surface area contributed by atoms with Crippen LogP contribution >= 0.6 is 11.6 Å². The van der Waals surface area contributed by atoms with Crippen LogP contribution in [-0.4, -0.2) is 57.5 Å². The molecule has 1 fully saturated rings. The summed E-state index contributed by atoms with van der Waals surface area (Å²) in [6.45, 7) is 0.328. The van der Waals surface area contributed by atoms with Gasteiger partial charge >= 0.3 is 5.97 Å². The number of carbonyl (C=O) groups excluding carboxylic acids is 2. The zero-order valence-electron chi connectivity index (χ0n) is 15.6. The molecule has 1 aliphatic heterocycles. The van der Waals surface area contributed by atoms with Crippen LogP contribution < -0.4 is 5.32 Å². The van der Waals surface area contributed by atoms with Crippen LogP contribution in [0.1, 0.15) is 10.4 Å². The molecule has 0 spiro atoms. The van der Waals surface area contributed by atoms with E-state index in [1.165, 1.54) is 40.7 Å². The SMILES string of the molecule is O=C(COC(=O)c1ccccc1F)Nc1cc(S(=O)(=O)N2CCOCC2)ccc1Cl. The number of anilines is 1. The molecule has 1 aliphatic rings. The first-order valence-electron chi connectivity index (χ1n) is 8.88. The quantitative estimate of drug-likeness (QED) is 0.669. The van der Waals surface area contributed by atoms with E-state index in [1.54, 1.807) is 0 Å². The van der Waals surface area contributed by atoms with Crippen LogP contribution in [0.3, 0.4) is 0 Å². The summed E-state index contributed by atoms with van der Waals surface area (Å²) in [6, 6.07) is 9.10. The molecule has 0 saturated carbocycles. The number of hydrogen-bond donors (Lipinski definition) is 1. The highest BCUT2D eigenvalue weighted by atomic mass is 35.5. The van der Waals surface area contributed by atoms with Gasteiger partial charge in [-0.1, -0.05) is 23.7 Å². The zero-order valence-corrected chi connectivity index (χ0v) is 17.2. The van der Waals surface area contributed by atoms with Crippen LogP contribution in [0, 0.1) is 5.82 Å². The summed E-state index contributed by atoms with van der Waals surface area (Å²) in [4.78, 5) is 24.0. The van der Waals surface area contributed by atoms with Crippen molar-refractivity contribution in [1.29, 1.82) is 0 Å². The lowest BCUT2D eigenvalue weighted by molar-refractivity contribution is -0.119. The van der Waals surface area contributed by atoms with Crippen molar-refractivity contribution in [3.63, 3.8) is 0 Å². The molecule has 1 saturated heterocycles. The minimum Gasteiger partial charge on any atom is -0.452 e. The normalized spacial score (nSPS) is 14.9. The Bertz CT molecular complexity index is 1060. The molecule has 0 aliphatic carbocycles. The highest BCUT2D eigenvalue weighted by molar-refractivity contribution is 7.89. The van der Waals surface area contributed by atoms with Crippen molar-refractivity contribution >= 4 is 39.2 Å². The van der Waals surface area contributed by atoms with E-state index < -0.39 is 34.3 Å². The van der Waals surface area contributed by atoms with Crippen LogP contribution in [0.15, 0.2) is 47.4 Å². The predicted octanol–water partition coefficient (Wildman–Crippen LogP) is 2.30. The highest BCUT2D eigenvalue weighted by Gasteiger charge is 2.27. The molecule has 0 radical (unpaired) electrons. The van der Waals surface area contributed by atoms with E-state index in [2.05, 4.69) is 5.32 Å². The largest absolute Gasteiger partial charge is 0.452 e. The molecule has 1 amide bonds. The number of ether oxygens (including phenoxy) is 2. The number of sulfonamides is 1. The third-order valence-corrected chi connectivity index (χ3v) is 6.47. The van der Waals surface area contributed by atoms with Gasteiger partial charge in [-0.05, 0) is 30.3 Å². The molecule has 0 unspecified atom stereocenters. The van der Waals surface area contributed by atoms with Crippen LogP contribution in [0.5, 0.6) is 0 Å². The van der Waals surface area contributed by atoms with Crippen molar-refractivity contribution < 1.29 is 31.9 Å². The lowest BCUT2D eigenvalue weighted by atomic mass is 10.2. The van der Waals surface area contributed by atoms with Crippen molar-refractivity contribution in [3.05, 3.63) is 58.9 Å². The Kier molecular flexibility index (Phi) is 7.03. The van der Waals surface area contributed by atoms with Crippen molar-refractivity contribution in [2.45, 2.75) is 4.90 Å². The highest BCUT2D eigenvalue weighted by Crippen LogP contribution is 2.27. The van der Waals surface area contributed by atoms with E-state index in [9.17, 15) is 22.4 Å². The second kappa shape index (κ2) is 9.52. The van der Waals surface area contributed by atoms with Gasteiger partial charge in [0.25, 0.3) is 5.91 Å². The minimum absolute atomic E-state index is 0.0398. The van der Waals surface area contributed by atoms with E-state index in [4.69, 9.17) is 21.1 Å². The number of nitrogens with one attached hydrogen (secondary N) is 1. The van der Waals surface area contributed by atoms with E-state index in [-0.39, 0.29) is 34.3 Å². The molecule has 2 aromatic rings. The average molecular weight is 457 g/mol. The van der Waals surface area contributed by atoms with Gasteiger partial charge in [0.2, 0.25) is 10.0 Å². The van der Waals surface area contributed by atoms with E-state index in [0.29, 0.717) is 13.2 Å². The monoisotopic (exact) mass is 456 g/mol. The van der Waals surface area contributed by atoms with Crippen molar-refractivity contribution in [1.82, 2.24) is 4.31 Å². The van der Waals surface area contributed by atoms with Crippen LogP contribution in [0.25, 0.3) is 0 Å². The summed E-state index contributed by atoms with van der Waals surface area (Å²) in [5, 5.41) is 2.50. The van der Waals surface area contributed by atoms with E-state index >= 15 is 0 Å². The molecule has 30 heavy (non-hydrogen) atoms. The van der Waals surface area contributed by atoms with E-state index in [1.807, 2.05) is 0 Å². The molecular weight excluding hydrogens is 439 g/mol. The maximum absolute atomic E-state index is 13.6. The Hall–Kier alpha value is -2.53. The van der Waals surface area contributed by atoms with Gasteiger partial charge in [-0.3, -0.25) is 4.79 Å². The summed E-state index contributed by atoms with van der Waals surface area (Å²) in [7, 11) is -3.79. The Morgan fingerprint density at radius 3 is 2.57 bits per heavy atom. The fourth-order valence-electron chi connectivity index (χ4n) is 2.72. The van der Waals surface area contributed by atoms with Gasteiger partial charge < -0.3 is 14.8 Å². The van der Waals surface area contributed by atoms with Gasteiger partial charge in [0.15, 0.2) is 6.61 Å². The van der Waals surface area contributed by atoms with Crippen LogP contribution in [0.2, 0.25) is 5.02 Å². The topological polar surface area (TPSA) is 102 Å². The molecule has 1 heterocycles. The maximum atomic E-state index is 13.6. The summed E-state index contributed by atoms with van der Waals surface area (Å²) >= 11 is 6.06. The molecular formula is C19H18ClFN2O6S. The summed E-state index contributed by atoms with van der Waals surface area (Å²) in [5.41, 5.74) is -0.264. The number of morpholine rings is 1. The van der Waals surface area contributed by atoms with Gasteiger partial charge in [0.1, 0.15) is 5.82 Å². The summed E-state index contributed by atoms with van der Waals surface area (Å²) < 4.78 is 50.3. The number of esters is 1. The van der Waals surface area contributed by atoms with Gasteiger partial charge in [-0.25, -0.2) is 17.6 Å². The second-order valence-corrected chi connectivity index (χ2v) is 8.61. The van der Waals surface area contributed by atoms with Gasteiger partial charge in [-0.15, -0.1) is 0 Å². The molecule has 0 bridgehead atoms. The molecule has 2 aromatic carbocycles. The average Bonchev–Trinajstić information content (AvgIpc) is 2.74. The van der Waals surface area contributed by atoms with Crippen molar-refractivity contribution in [2.24, 2.45) is 0 Å². The van der Waals surface area contributed by atoms with Crippen LogP contribution in [0.4, 0.5) is 10.1 Å². The van der Waals surface area contributed by atoms with E-state index in [0.717, 1.165) is 6.07 Å². The number of amides is 1. The standard InChI is InChI=1S/C19H18ClFN2O6S/c20-15-6-5-13(30(26,27)23-7-9-28-10-8-23)11-17(15)22-18(24)12-29-19(25)14-3-1-2-4-16(14)21/h1-6,11H,7-10,12H2,(H,22,24). The maximum Gasteiger partial charge on any atom is 0.341 e. The number of benzene rings is 2. The first kappa shape index (κ1) is 22.2.